The van der Waals surface area contributed by atoms with Crippen LogP contribution < -0.4 is 20.7 Å². The van der Waals surface area contributed by atoms with E-state index < -0.39 is 57.8 Å². The van der Waals surface area contributed by atoms with E-state index in [4.69, 9.17) is 21.1 Å². The van der Waals surface area contributed by atoms with Crippen molar-refractivity contribution in [3.05, 3.63) is 58.7 Å². The fourth-order valence-corrected chi connectivity index (χ4v) is 8.77. The number of nitrogens with zero attached hydrogens (tertiary/aromatic N) is 1. The van der Waals surface area contributed by atoms with Crippen molar-refractivity contribution in [2.24, 2.45) is 17.8 Å². The Kier molecular flexibility index (Phi) is 16.3. The molecular formula is C40H58ClN5O8S. The van der Waals surface area contributed by atoms with Gasteiger partial charge in [-0.15, -0.1) is 0 Å². The number of hydrogen-bond acceptors (Lipinski definition) is 9. The number of allylic oxidation sites excluding steroid dienone is 3. The van der Waals surface area contributed by atoms with Crippen LogP contribution in [0.2, 0.25) is 5.02 Å². The van der Waals surface area contributed by atoms with Crippen LogP contribution in [0.15, 0.2) is 48.1 Å². The first-order chi connectivity index (χ1) is 26.3. The van der Waals surface area contributed by atoms with Crippen molar-refractivity contribution in [3.63, 3.8) is 0 Å². The molecule has 1 aromatic rings. The molecule has 1 aromatic carbocycles. The zero-order valence-corrected chi connectivity index (χ0v) is 33.7. The summed E-state index contributed by atoms with van der Waals surface area (Å²) >= 11 is 6.06. The highest BCUT2D eigenvalue weighted by Gasteiger charge is 2.44. The number of carbonyl (C=O) groups excluding carboxylic acids is 4. The molecule has 3 saturated heterocycles. The molecule has 3 heterocycles. The van der Waals surface area contributed by atoms with Gasteiger partial charge < -0.3 is 30.3 Å². The third-order valence-corrected chi connectivity index (χ3v) is 12.0. The lowest BCUT2D eigenvalue weighted by atomic mass is 9.91. The number of Topliss-reactive ketones (excluding diaryl/α,β-unsaturated/α-hetero) is 1. The number of piperidine rings is 1. The highest BCUT2D eigenvalue weighted by Crippen LogP contribution is 2.27. The molecular weight excluding hydrogens is 746 g/mol. The molecule has 5 rings (SSSR count). The number of likely N-dealkylation sites (tertiary alicyclic amines) is 1. The highest BCUT2D eigenvalue weighted by atomic mass is 35.5. The third-order valence-electron chi connectivity index (χ3n) is 11.0. The zero-order valence-electron chi connectivity index (χ0n) is 32.1. The van der Waals surface area contributed by atoms with Gasteiger partial charge in [-0.2, -0.15) is 0 Å². The predicted octanol–water partition coefficient (Wildman–Crippen LogP) is 3.42. The number of carbonyl (C=O) groups is 4. The molecule has 5 atom stereocenters. The van der Waals surface area contributed by atoms with Gasteiger partial charge in [0, 0.05) is 37.7 Å². The van der Waals surface area contributed by atoms with Crippen LogP contribution in [-0.4, -0.2) is 107 Å². The first-order valence-electron chi connectivity index (χ1n) is 19.8. The maximum atomic E-state index is 14.4. The van der Waals surface area contributed by atoms with E-state index in [1.807, 2.05) is 30.4 Å². The Hall–Kier alpha value is -3.14. The van der Waals surface area contributed by atoms with Crippen molar-refractivity contribution < 1.29 is 37.1 Å². The van der Waals surface area contributed by atoms with Crippen molar-refractivity contribution in [2.45, 2.75) is 102 Å². The van der Waals surface area contributed by atoms with Crippen LogP contribution in [0.4, 0.5) is 0 Å². The first kappa shape index (κ1) is 43.0. The summed E-state index contributed by atoms with van der Waals surface area (Å²) in [5.74, 6) is -1.71. The van der Waals surface area contributed by atoms with E-state index in [0.29, 0.717) is 43.0 Å². The van der Waals surface area contributed by atoms with Gasteiger partial charge in [0.15, 0.2) is 0 Å². The molecule has 3 amide bonds. The number of rotatable bonds is 18. The standard InChI is InChI=1S/C40H58ClN5O8S/c1-27-4-3-5-31(22-27)23-35(37(47)39(49)43-19-14-29-15-20-53-21-16-29)44-38(48)36-24-33(54-26-30-6-9-32(41)10-7-30)25-46(36)40(50)34(45-55(2,51)52)11-8-28-12-17-42-18-13-28/h3,5-7,9-10,22,27-29,33-36,42,45H,4,8,11-21,23-26H2,1-2H3,(H,43,49)(H,44,48)/t27?,33-,34-,35+,36+/m1/s1. The summed E-state index contributed by atoms with van der Waals surface area (Å²) in [5, 5.41) is 9.52. The summed E-state index contributed by atoms with van der Waals surface area (Å²) in [5.41, 5.74) is 1.68. The summed E-state index contributed by atoms with van der Waals surface area (Å²) in [4.78, 5) is 57.2. The van der Waals surface area contributed by atoms with Gasteiger partial charge in [-0.25, -0.2) is 13.1 Å². The Morgan fingerprint density at radius 3 is 2.42 bits per heavy atom. The third kappa shape index (κ3) is 13.8. The van der Waals surface area contributed by atoms with Crippen molar-refractivity contribution in [3.8, 4) is 0 Å². The SMILES string of the molecule is CC1C=C(C[C@H](NC(=O)[C@@H]2C[C@@H](OCc3ccc(Cl)cc3)CN2C(=O)[C@@H](CCC2CCNCC2)NS(C)(=O)=O)C(=O)C(=O)NCCC2CCOCC2)C=CC1. The molecule has 0 radical (unpaired) electrons. The number of nitrogens with one attached hydrogen (secondary N) is 4. The Labute approximate surface area is 330 Å². The quantitative estimate of drug-likeness (QED) is 0.162. The molecule has 15 heteroatoms. The molecule has 0 bridgehead atoms. The van der Waals surface area contributed by atoms with Gasteiger partial charge in [0.25, 0.3) is 5.91 Å². The zero-order chi connectivity index (χ0) is 39.4. The lowest BCUT2D eigenvalue weighted by Crippen LogP contribution is -2.56. The number of ketones is 1. The minimum Gasteiger partial charge on any atom is -0.381 e. The summed E-state index contributed by atoms with van der Waals surface area (Å²) < 4.78 is 39.3. The van der Waals surface area contributed by atoms with Crippen LogP contribution in [0.25, 0.3) is 0 Å². The van der Waals surface area contributed by atoms with Crippen LogP contribution >= 0.6 is 11.6 Å². The van der Waals surface area contributed by atoms with E-state index in [-0.39, 0.29) is 38.3 Å². The number of sulfonamides is 1. The molecule has 0 spiro atoms. The van der Waals surface area contributed by atoms with Gasteiger partial charge in [-0.1, -0.05) is 48.9 Å². The maximum absolute atomic E-state index is 14.4. The monoisotopic (exact) mass is 803 g/mol. The van der Waals surface area contributed by atoms with Gasteiger partial charge in [0.05, 0.1) is 19.0 Å². The Bertz CT molecular complexity index is 1640. The first-order valence-corrected chi connectivity index (χ1v) is 22.0. The van der Waals surface area contributed by atoms with Gasteiger partial charge >= 0.3 is 0 Å². The molecule has 304 valence electrons. The average Bonchev–Trinajstić information content (AvgIpc) is 3.60. The normalized spacial score (nSPS) is 23.5. The van der Waals surface area contributed by atoms with E-state index in [9.17, 15) is 27.6 Å². The number of hydrogen-bond donors (Lipinski definition) is 4. The molecule has 1 unspecified atom stereocenters. The predicted molar refractivity (Wildman–Crippen MR) is 210 cm³/mol. The molecule has 1 aliphatic carbocycles. The van der Waals surface area contributed by atoms with Gasteiger partial charge in [-0.05, 0) is 112 Å². The van der Waals surface area contributed by atoms with Crippen LogP contribution in [0.5, 0.6) is 0 Å². The second-order valence-corrected chi connectivity index (χ2v) is 17.8. The summed E-state index contributed by atoms with van der Waals surface area (Å²) in [6.07, 6.45) is 12.8. The molecule has 0 aromatic heterocycles. The Morgan fingerprint density at radius 2 is 1.73 bits per heavy atom. The molecule has 3 fully saturated rings. The van der Waals surface area contributed by atoms with Crippen molar-refractivity contribution in [1.82, 2.24) is 25.6 Å². The molecule has 3 aliphatic heterocycles. The lowest BCUT2D eigenvalue weighted by molar-refractivity contribution is -0.142. The van der Waals surface area contributed by atoms with Gasteiger partial charge in [-0.3, -0.25) is 19.2 Å². The molecule has 4 N–H and O–H groups in total. The minimum atomic E-state index is -3.79. The highest BCUT2D eigenvalue weighted by molar-refractivity contribution is 7.88. The van der Waals surface area contributed by atoms with E-state index in [0.717, 1.165) is 69.0 Å². The summed E-state index contributed by atoms with van der Waals surface area (Å²) in [6, 6.07) is 3.81. The number of ether oxygens (including phenoxy) is 2. The minimum absolute atomic E-state index is 0.0382. The maximum Gasteiger partial charge on any atom is 0.289 e. The number of amides is 3. The molecule has 4 aliphatic rings. The van der Waals surface area contributed by atoms with Crippen LogP contribution in [0.1, 0.15) is 76.7 Å². The largest absolute Gasteiger partial charge is 0.381 e. The van der Waals surface area contributed by atoms with Crippen molar-refractivity contribution >= 4 is 45.1 Å². The van der Waals surface area contributed by atoms with Crippen LogP contribution in [0.3, 0.4) is 0 Å². The molecule has 13 nitrogen and oxygen atoms in total. The molecule has 55 heavy (non-hydrogen) atoms. The average molecular weight is 804 g/mol. The van der Waals surface area contributed by atoms with Crippen LogP contribution in [0, 0.1) is 17.8 Å². The van der Waals surface area contributed by atoms with Crippen molar-refractivity contribution in [1.29, 1.82) is 0 Å². The van der Waals surface area contributed by atoms with Crippen LogP contribution in [-0.2, 0) is 45.3 Å². The second-order valence-electron chi connectivity index (χ2n) is 15.6. The van der Waals surface area contributed by atoms with Gasteiger partial charge in [0.2, 0.25) is 27.6 Å². The summed E-state index contributed by atoms with van der Waals surface area (Å²) in [6.45, 7) is 5.72. The summed E-state index contributed by atoms with van der Waals surface area (Å²) in [7, 11) is -3.79. The fourth-order valence-electron chi connectivity index (χ4n) is 7.91. The topological polar surface area (TPSA) is 172 Å². The van der Waals surface area contributed by atoms with E-state index >= 15 is 0 Å². The second kappa shape index (κ2) is 20.9. The van der Waals surface area contributed by atoms with Crippen molar-refractivity contribution in [2.75, 3.05) is 45.6 Å². The smallest absolute Gasteiger partial charge is 0.289 e. The van der Waals surface area contributed by atoms with Gasteiger partial charge in [0.1, 0.15) is 18.1 Å². The van der Waals surface area contributed by atoms with E-state index in [1.165, 1.54) is 4.90 Å². The Morgan fingerprint density at radius 1 is 1.02 bits per heavy atom. The lowest BCUT2D eigenvalue weighted by Gasteiger charge is -2.30. The van der Waals surface area contributed by atoms with E-state index in [1.54, 1.807) is 12.1 Å². The number of benzene rings is 1. The molecule has 0 saturated carbocycles. The van der Waals surface area contributed by atoms with E-state index in [2.05, 4.69) is 27.6 Å². The Balaban J connectivity index is 1.34. The fraction of sp³-hybridized carbons (Fsp3) is 0.650. The number of halogens is 1.